The van der Waals surface area contributed by atoms with Crippen molar-refractivity contribution in [2.45, 2.75) is 26.3 Å². The molecule has 10 heteroatoms. The molecule has 0 unspecified atom stereocenters. The molecule has 2 aromatic heterocycles. The third kappa shape index (κ3) is 4.60. The summed E-state index contributed by atoms with van der Waals surface area (Å²) in [5, 5.41) is 17.4. The number of aromatic nitrogens is 4. The zero-order valence-electron chi connectivity index (χ0n) is 20.8. The quantitative estimate of drug-likeness (QED) is 0.366. The summed E-state index contributed by atoms with van der Waals surface area (Å²) in [5.74, 6) is -1.07. The number of hydrogen-bond acceptors (Lipinski definition) is 6. The van der Waals surface area contributed by atoms with Crippen LogP contribution in [0.2, 0.25) is 0 Å². The van der Waals surface area contributed by atoms with Gasteiger partial charge in [-0.15, -0.1) is 0 Å². The molecule has 0 bridgehead atoms. The van der Waals surface area contributed by atoms with E-state index in [9.17, 15) is 9.50 Å². The van der Waals surface area contributed by atoms with E-state index < -0.39 is 17.4 Å². The largest absolute Gasteiger partial charge is 0.505 e. The Morgan fingerprint density at radius 2 is 1.84 bits per heavy atom. The highest BCUT2D eigenvalue weighted by atomic mass is 19.1. The fourth-order valence-corrected chi connectivity index (χ4v) is 5.36. The first-order valence-corrected chi connectivity index (χ1v) is 12.8. The van der Waals surface area contributed by atoms with Crippen molar-refractivity contribution < 1.29 is 18.6 Å². The van der Waals surface area contributed by atoms with Crippen LogP contribution in [-0.4, -0.2) is 81.0 Å². The van der Waals surface area contributed by atoms with E-state index in [-0.39, 0.29) is 0 Å². The molecule has 2 aliphatic heterocycles. The maximum Gasteiger partial charge on any atom is 0.165 e. The summed E-state index contributed by atoms with van der Waals surface area (Å²) in [5.41, 5.74) is 4.77. The van der Waals surface area contributed by atoms with Crippen LogP contribution < -0.4 is 0 Å². The third-order valence-electron chi connectivity index (χ3n) is 7.45. The molecule has 0 aliphatic carbocycles. The predicted octanol–water partition coefficient (Wildman–Crippen LogP) is 3.86. The second-order valence-electron chi connectivity index (χ2n) is 9.76. The molecule has 0 saturated carbocycles. The molecule has 194 valence electrons. The Bertz CT molecular complexity index is 1440. The number of rotatable bonds is 6. The lowest BCUT2D eigenvalue weighted by molar-refractivity contribution is 0.0326. The van der Waals surface area contributed by atoms with Crippen LogP contribution in [0.3, 0.4) is 0 Å². The van der Waals surface area contributed by atoms with Crippen molar-refractivity contribution in [3.8, 4) is 28.4 Å². The van der Waals surface area contributed by atoms with E-state index in [0.717, 1.165) is 75.9 Å². The van der Waals surface area contributed by atoms with Crippen LogP contribution in [0.4, 0.5) is 8.78 Å². The number of ether oxygens (including phenoxy) is 1. The second kappa shape index (κ2) is 9.85. The molecule has 1 saturated heterocycles. The van der Waals surface area contributed by atoms with Gasteiger partial charge in [-0.1, -0.05) is 6.92 Å². The molecule has 0 radical (unpaired) electrons. The number of phenols is 1. The Labute approximate surface area is 213 Å². The van der Waals surface area contributed by atoms with Gasteiger partial charge in [-0.25, -0.2) is 13.8 Å². The minimum absolute atomic E-state index is 0.344. The van der Waals surface area contributed by atoms with Crippen molar-refractivity contribution in [1.82, 2.24) is 30.0 Å². The van der Waals surface area contributed by atoms with Gasteiger partial charge in [0.1, 0.15) is 11.5 Å². The van der Waals surface area contributed by atoms with Crippen molar-refractivity contribution >= 4 is 10.9 Å². The molecule has 4 aromatic rings. The number of morpholine rings is 1. The van der Waals surface area contributed by atoms with Crippen molar-refractivity contribution in [2.24, 2.45) is 0 Å². The lowest BCUT2D eigenvalue weighted by Gasteiger charge is -2.31. The summed E-state index contributed by atoms with van der Waals surface area (Å²) >= 11 is 0. The van der Waals surface area contributed by atoms with E-state index in [1.165, 1.54) is 18.2 Å². The van der Waals surface area contributed by atoms with Gasteiger partial charge in [0.2, 0.25) is 0 Å². The molecule has 0 amide bonds. The molecule has 3 N–H and O–H groups in total. The Hall–Kier alpha value is -3.34. The fourth-order valence-electron chi connectivity index (χ4n) is 5.36. The minimum atomic E-state index is -0.738. The van der Waals surface area contributed by atoms with E-state index in [1.54, 1.807) is 6.07 Å². The molecule has 1 fully saturated rings. The number of benzene rings is 2. The van der Waals surface area contributed by atoms with E-state index >= 15 is 4.39 Å². The molecule has 2 aromatic carbocycles. The highest BCUT2D eigenvalue weighted by Gasteiger charge is 2.24. The second-order valence-corrected chi connectivity index (χ2v) is 9.76. The number of fused-ring (bicyclic) bond motifs is 2. The van der Waals surface area contributed by atoms with E-state index in [1.807, 2.05) is 6.92 Å². The first-order chi connectivity index (χ1) is 18.0. The summed E-state index contributed by atoms with van der Waals surface area (Å²) in [7, 11) is 0. The maximum absolute atomic E-state index is 15.5. The number of nitrogens with zero attached hydrogens (tertiary/aromatic N) is 4. The normalized spacial score (nSPS) is 16.9. The van der Waals surface area contributed by atoms with E-state index in [0.29, 0.717) is 40.0 Å². The summed E-state index contributed by atoms with van der Waals surface area (Å²) in [6.07, 6.45) is 1.40. The van der Waals surface area contributed by atoms with Crippen LogP contribution in [0.15, 0.2) is 24.3 Å². The topological polar surface area (TPSA) is 93.3 Å². The zero-order chi connectivity index (χ0) is 25.5. The number of hydrogen-bond donors (Lipinski definition) is 3. The van der Waals surface area contributed by atoms with Gasteiger partial charge in [-0.05, 0) is 47.4 Å². The number of H-pyrrole nitrogens is 2. The zero-order valence-corrected chi connectivity index (χ0v) is 20.8. The number of phenolic OH excluding ortho intramolecular Hbond substituents is 1. The van der Waals surface area contributed by atoms with Crippen LogP contribution in [0.25, 0.3) is 33.5 Å². The standard InChI is InChI=1S/C27H30F2N6O2/c1-2-16-13-24(36)19(28)14-18(16)17-11-20(29)25-22(12-17)32-33-26(25)27-30-21-3-4-35(15-23(21)31-27)6-5-34-7-9-37-10-8-34/h11-14,36H,2-10,15H2,1H3,(H,30,31)(H,32,33). The monoisotopic (exact) mass is 508 g/mol. The third-order valence-corrected chi connectivity index (χ3v) is 7.45. The number of imidazole rings is 1. The van der Waals surface area contributed by atoms with Gasteiger partial charge in [-0.3, -0.25) is 14.9 Å². The molecule has 6 rings (SSSR count). The summed E-state index contributed by atoms with van der Waals surface area (Å²) < 4.78 is 35.0. The van der Waals surface area contributed by atoms with E-state index in [2.05, 4.69) is 25.0 Å². The predicted molar refractivity (Wildman–Crippen MR) is 136 cm³/mol. The highest BCUT2D eigenvalue weighted by molar-refractivity contribution is 5.94. The van der Waals surface area contributed by atoms with Crippen molar-refractivity contribution in [2.75, 3.05) is 45.9 Å². The lowest BCUT2D eigenvalue weighted by atomic mass is 9.96. The average molecular weight is 509 g/mol. The molecule has 4 heterocycles. The first kappa shape index (κ1) is 24.0. The number of aromatic amines is 2. The van der Waals surface area contributed by atoms with Crippen LogP contribution in [0, 0.1) is 11.6 Å². The Balaban J connectivity index is 1.26. The van der Waals surface area contributed by atoms with Crippen LogP contribution in [-0.2, 0) is 24.1 Å². The average Bonchev–Trinajstić information content (AvgIpc) is 3.53. The number of aryl methyl sites for hydroxylation is 1. The molecular formula is C27H30F2N6O2. The van der Waals surface area contributed by atoms with Gasteiger partial charge in [0.05, 0.1) is 35.5 Å². The number of aromatic hydroxyl groups is 1. The van der Waals surface area contributed by atoms with Gasteiger partial charge in [0.15, 0.2) is 17.4 Å². The SMILES string of the molecule is CCc1cc(O)c(F)cc1-c1cc(F)c2c(-c3nc4c([nH]3)CN(CCN3CCOCC3)CC4)n[nH]c2c1. The van der Waals surface area contributed by atoms with Gasteiger partial charge in [0, 0.05) is 45.7 Å². The van der Waals surface area contributed by atoms with E-state index in [4.69, 9.17) is 9.72 Å². The summed E-state index contributed by atoms with van der Waals surface area (Å²) in [6.45, 7) is 9.17. The van der Waals surface area contributed by atoms with Crippen molar-refractivity contribution in [1.29, 1.82) is 0 Å². The molecule has 2 aliphatic rings. The Morgan fingerprint density at radius 3 is 2.65 bits per heavy atom. The Morgan fingerprint density at radius 1 is 1.03 bits per heavy atom. The number of nitrogens with one attached hydrogen (secondary N) is 2. The van der Waals surface area contributed by atoms with Crippen LogP contribution in [0.5, 0.6) is 5.75 Å². The molecule has 0 spiro atoms. The maximum atomic E-state index is 15.5. The fraction of sp³-hybridized carbons (Fsp3) is 0.407. The van der Waals surface area contributed by atoms with Crippen molar-refractivity contribution in [3.63, 3.8) is 0 Å². The first-order valence-electron chi connectivity index (χ1n) is 12.8. The Kier molecular flexibility index (Phi) is 6.39. The van der Waals surface area contributed by atoms with Gasteiger partial charge in [-0.2, -0.15) is 5.10 Å². The van der Waals surface area contributed by atoms with Gasteiger partial charge >= 0.3 is 0 Å². The van der Waals surface area contributed by atoms with Crippen molar-refractivity contribution in [3.05, 3.63) is 52.9 Å². The molecular weight excluding hydrogens is 478 g/mol. The lowest BCUT2D eigenvalue weighted by Crippen LogP contribution is -2.42. The van der Waals surface area contributed by atoms with Crippen LogP contribution >= 0.6 is 0 Å². The van der Waals surface area contributed by atoms with Gasteiger partial charge in [0.25, 0.3) is 0 Å². The number of halogens is 2. The minimum Gasteiger partial charge on any atom is -0.505 e. The van der Waals surface area contributed by atoms with Crippen LogP contribution in [0.1, 0.15) is 23.9 Å². The molecule has 0 atom stereocenters. The summed E-state index contributed by atoms with van der Waals surface area (Å²) in [6, 6.07) is 5.79. The molecule has 8 nitrogen and oxygen atoms in total. The summed E-state index contributed by atoms with van der Waals surface area (Å²) in [4.78, 5) is 13.0. The smallest absolute Gasteiger partial charge is 0.165 e. The highest BCUT2D eigenvalue weighted by Crippen LogP contribution is 2.35. The molecule has 37 heavy (non-hydrogen) atoms. The van der Waals surface area contributed by atoms with Gasteiger partial charge < -0.3 is 14.8 Å².